The Kier molecular flexibility index (Phi) is 7.93. The topological polar surface area (TPSA) is 62.1 Å². The maximum absolute atomic E-state index is 15.2. The summed E-state index contributed by atoms with van der Waals surface area (Å²) in [5, 5.41) is 2.61. The molecule has 0 spiro atoms. The van der Waals surface area contributed by atoms with E-state index in [1.165, 1.54) is 47.0 Å². The lowest BCUT2D eigenvalue weighted by Gasteiger charge is -2.42. The maximum Gasteiger partial charge on any atom is 0.573 e. The van der Waals surface area contributed by atoms with Crippen molar-refractivity contribution in [1.29, 1.82) is 0 Å². The average molecular weight is 592 g/mol. The first kappa shape index (κ1) is 29.1. The maximum atomic E-state index is 15.2. The van der Waals surface area contributed by atoms with Gasteiger partial charge in [0.1, 0.15) is 34.5 Å². The summed E-state index contributed by atoms with van der Waals surface area (Å²) < 4.78 is 86.6. The monoisotopic (exact) mass is 591 g/mol. The standard InChI is InChI=1S/C29H27F6N5O2/c1-3-24-27(40-9-8-19(30)13-26(40)37-24)28(41)36-15-18-12-23(32)25(14-22(18)31)38-10-11-39(17(2)16-38)20-4-6-21(7-5-20)42-29(33,34)35/h4-9,12-14,17H,3,10-11,15-16H2,1-2H3,(H,36,41)/t17-/m0/s1. The van der Waals surface area contributed by atoms with Gasteiger partial charge < -0.3 is 19.9 Å². The van der Waals surface area contributed by atoms with Crippen LogP contribution in [0.25, 0.3) is 5.65 Å². The Labute approximate surface area is 237 Å². The van der Waals surface area contributed by atoms with Gasteiger partial charge in [0.25, 0.3) is 5.91 Å². The minimum Gasteiger partial charge on any atom is -0.406 e. The smallest absolute Gasteiger partial charge is 0.406 e. The fraction of sp³-hybridized carbons (Fsp3) is 0.310. The summed E-state index contributed by atoms with van der Waals surface area (Å²) in [6, 6.07) is 9.87. The lowest BCUT2D eigenvalue weighted by Crippen LogP contribution is -2.52. The Hall–Kier alpha value is -4.42. The number of hydrogen-bond donors (Lipinski definition) is 1. The molecule has 3 heterocycles. The molecule has 1 aliphatic heterocycles. The number of imidazole rings is 1. The number of nitrogens with zero attached hydrogens (tertiary/aromatic N) is 4. The molecule has 5 rings (SSSR count). The Morgan fingerprint density at radius 2 is 1.79 bits per heavy atom. The van der Waals surface area contributed by atoms with Gasteiger partial charge in [-0.3, -0.25) is 9.20 Å². The van der Waals surface area contributed by atoms with Crippen molar-refractivity contribution in [2.75, 3.05) is 29.4 Å². The zero-order valence-corrected chi connectivity index (χ0v) is 22.7. The Morgan fingerprint density at radius 1 is 1.05 bits per heavy atom. The lowest BCUT2D eigenvalue weighted by molar-refractivity contribution is -0.274. The molecule has 13 heteroatoms. The number of carbonyl (C=O) groups excluding carboxylic acids is 1. The molecule has 0 bridgehead atoms. The summed E-state index contributed by atoms with van der Waals surface area (Å²) in [4.78, 5) is 20.9. The zero-order chi connectivity index (χ0) is 30.2. The lowest BCUT2D eigenvalue weighted by atomic mass is 10.1. The van der Waals surface area contributed by atoms with Crippen molar-refractivity contribution in [2.45, 2.75) is 39.2 Å². The molecule has 1 atom stereocenters. The molecule has 1 saturated heterocycles. The molecule has 2 aromatic carbocycles. The van der Waals surface area contributed by atoms with Crippen molar-refractivity contribution in [1.82, 2.24) is 14.7 Å². The van der Waals surface area contributed by atoms with Crippen LogP contribution in [0.5, 0.6) is 5.75 Å². The molecule has 0 radical (unpaired) electrons. The van der Waals surface area contributed by atoms with Crippen molar-refractivity contribution in [3.63, 3.8) is 0 Å². The molecule has 1 amide bonds. The van der Waals surface area contributed by atoms with Gasteiger partial charge in [0, 0.05) is 61.8 Å². The number of hydrogen-bond acceptors (Lipinski definition) is 5. The Morgan fingerprint density at radius 3 is 2.45 bits per heavy atom. The minimum absolute atomic E-state index is 0.0460. The van der Waals surface area contributed by atoms with E-state index in [0.29, 0.717) is 37.4 Å². The summed E-state index contributed by atoms with van der Waals surface area (Å²) in [6.45, 7) is 4.49. The minimum atomic E-state index is -4.78. The SMILES string of the molecule is CCc1nc2cc(F)ccn2c1C(=O)NCc1cc(F)c(N2CCN(c3ccc(OC(F)(F)F)cc3)[C@@H](C)C2)cc1F. The number of piperazine rings is 1. The predicted molar refractivity (Wildman–Crippen MR) is 144 cm³/mol. The van der Waals surface area contributed by atoms with E-state index in [1.807, 2.05) is 11.8 Å². The quantitative estimate of drug-likeness (QED) is 0.273. The van der Waals surface area contributed by atoms with Crippen LogP contribution in [0.15, 0.2) is 54.7 Å². The van der Waals surface area contributed by atoms with Gasteiger partial charge in [0.15, 0.2) is 0 Å². The molecule has 4 aromatic rings. The molecule has 2 aromatic heterocycles. The first-order valence-corrected chi connectivity index (χ1v) is 13.2. The molecular weight excluding hydrogens is 564 g/mol. The Balaban J connectivity index is 1.25. The number of halogens is 6. The van der Waals surface area contributed by atoms with Crippen LogP contribution in [0.4, 0.5) is 37.7 Å². The van der Waals surface area contributed by atoms with Crippen molar-refractivity contribution in [3.05, 3.63) is 89.1 Å². The molecule has 1 N–H and O–H groups in total. The normalized spacial score (nSPS) is 15.8. The number of fused-ring (bicyclic) bond motifs is 1. The number of ether oxygens (including phenoxy) is 1. The number of alkyl halides is 3. The molecule has 42 heavy (non-hydrogen) atoms. The van der Waals surface area contributed by atoms with E-state index in [9.17, 15) is 22.4 Å². The van der Waals surface area contributed by atoms with Crippen LogP contribution in [0.3, 0.4) is 0 Å². The molecule has 1 aliphatic rings. The molecular formula is C29H27F6N5O2. The number of aryl methyl sites for hydroxylation is 1. The average Bonchev–Trinajstić information content (AvgIpc) is 3.30. The van der Waals surface area contributed by atoms with Gasteiger partial charge in [-0.15, -0.1) is 13.2 Å². The highest BCUT2D eigenvalue weighted by Gasteiger charge is 2.31. The number of nitrogens with one attached hydrogen (secondary N) is 1. The van der Waals surface area contributed by atoms with E-state index >= 15 is 8.78 Å². The van der Waals surface area contributed by atoms with E-state index in [-0.39, 0.29) is 40.9 Å². The van der Waals surface area contributed by atoms with Crippen LogP contribution in [0, 0.1) is 17.5 Å². The second-order valence-corrected chi connectivity index (χ2v) is 9.94. The first-order chi connectivity index (χ1) is 19.9. The fourth-order valence-electron chi connectivity index (χ4n) is 5.17. The van der Waals surface area contributed by atoms with Crippen LogP contribution in [0.1, 0.15) is 35.6 Å². The number of amides is 1. The highest BCUT2D eigenvalue weighted by molar-refractivity contribution is 5.94. The number of carbonyl (C=O) groups is 1. The van der Waals surface area contributed by atoms with Crippen LogP contribution < -0.4 is 19.9 Å². The molecule has 7 nitrogen and oxygen atoms in total. The van der Waals surface area contributed by atoms with Crippen LogP contribution in [-0.4, -0.2) is 47.3 Å². The third kappa shape index (κ3) is 6.09. The highest BCUT2D eigenvalue weighted by Crippen LogP contribution is 2.30. The van der Waals surface area contributed by atoms with Crippen molar-refractivity contribution >= 4 is 22.9 Å². The number of rotatable bonds is 7. The van der Waals surface area contributed by atoms with E-state index in [1.54, 1.807) is 11.8 Å². The van der Waals surface area contributed by atoms with E-state index in [0.717, 1.165) is 12.1 Å². The van der Waals surface area contributed by atoms with E-state index in [2.05, 4.69) is 15.0 Å². The summed E-state index contributed by atoms with van der Waals surface area (Å²) in [5.41, 5.74) is 1.60. The number of aromatic nitrogens is 2. The number of benzene rings is 2. The molecule has 0 saturated carbocycles. The third-order valence-electron chi connectivity index (χ3n) is 7.14. The summed E-state index contributed by atoms with van der Waals surface area (Å²) in [6.07, 6.45) is -2.98. The van der Waals surface area contributed by atoms with Crippen molar-refractivity contribution in [3.8, 4) is 5.75 Å². The fourth-order valence-corrected chi connectivity index (χ4v) is 5.17. The molecule has 0 unspecified atom stereocenters. The van der Waals surface area contributed by atoms with Gasteiger partial charge >= 0.3 is 6.36 Å². The number of anilines is 2. The summed E-state index contributed by atoms with van der Waals surface area (Å²) >= 11 is 0. The van der Waals surface area contributed by atoms with Crippen molar-refractivity contribution < 1.29 is 35.9 Å². The van der Waals surface area contributed by atoms with Gasteiger partial charge in [-0.05, 0) is 49.7 Å². The Bertz CT molecular complexity index is 1610. The number of pyridine rings is 1. The largest absolute Gasteiger partial charge is 0.573 e. The van der Waals surface area contributed by atoms with Crippen LogP contribution in [-0.2, 0) is 13.0 Å². The van der Waals surface area contributed by atoms with Gasteiger partial charge in [-0.1, -0.05) is 6.92 Å². The van der Waals surface area contributed by atoms with Crippen LogP contribution >= 0.6 is 0 Å². The van der Waals surface area contributed by atoms with Crippen LogP contribution in [0.2, 0.25) is 0 Å². The summed E-state index contributed by atoms with van der Waals surface area (Å²) in [7, 11) is 0. The van der Waals surface area contributed by atoms with Gasteiger partial charge in [-0.25, -0.2) is 18.2 Å². The zero-order valence-electron chi connectivity index (χ0n) is 22.7. The second kappa shape index (κ2) is 11.5. The van der Waals surface area contributed by atoms with E-state index in [4.69, 9.17) is 0 Å². The van der Waals surface area contributed by atoms with E-state index < -0.39 is 29.7 Å². The molecule has 0 aliphatic carbocycles. The summed E-state index contributed by atoms with van der Waals surface area (Å²) in [5.74, 6) is -2.74. The highest BCUT2D eigenvalue weighted by atomic mass is 19.4. The van der Waals surface area contributed by atoms with Gasteiger partial charge in [0.05, 0.1) is 11.4 Å². The molecule has 1 fully saturated rings. The third-order valence-corrected chi connectivity index (χ3v) is 7.14. The van der Waals surface area contributed by atoms with Crippen molar-refractivity contribution in [2.24, 2.45) is 0 Å². The second-order valence-electron chi connectivity index (χ2n) is 9.94. The molecule has 222 valence electrons. The van der Waals surface area contributed by atoms with Gasteiger partial charge in [0.2, 0.25) is 0 Å². The first-order valence-electron chi connectivity index (χ1n) is 13.2. The predicted octanol–water partition coefficient (Wildman–Crippen LogP) is 5.86. The van der Waals surface area contributed by atoms with Gasteiger partial charge in [-0.2, -0.15) is 0 Å².